The minimum atomic E-state index is 0.381. The zero-order valence-electron chi connectivity index (χ0n) is 9.94. The fourth-order valence-electron chi connectivity index (χ4n) is 1.98. The maximum atomic E-state index is 6.09. The molecule has 0 aliphatic heterocycles. The van der Waals surface area contributed by atoms with Gasteiger partial charge in [0.15, 0.2) is 16.6 Å². The van der Waals surface area contributed by atoms with Crippen molar-refractivity contribution < 1.29 is 4.42 Å². The third kappa shape index (κ3) is 1.55. The summed E-state index contributed by atoms with van der Waals surface area (Å²) < 4.78 is 7.18. The predicted octanol–water partition coefficient (Wildman–Crippen LogP) is 2.77. The molecule has 0 unspecified atom stereocenters. The first kappa shape index (κ1) is 11.1. The van der Waals surface area contributed by atoms with E-state index < -0.39 is 0 Å². The van der Waals surface area contributed by atoms with E-state index >= 15 is 0 Å². The Hall–Kier alpha value is -2.01. The van der Waals surface area contributed by atoms with Crippen molar-refractivity contribution in [3.05, 3.63) is 29.2 Å². The SMILES string of the molecule is Cc1nc2cc(-c3c(Cl)nc(N)n3C)ccc2o1. The number of nitrogen functional groups attached to an aromatic ring is 1. The average Bonchev–Trinajstić information content (AvgIpc) is 2.78. The third-order valence-corrected chi connectivity index (χ3v) is 3.12. The maximum absolute atomic E-state index is 6.09. The van der Waals surface area contributed by atoms with Crippen LogP contribution in [0.5, 0.6) is 0 Å². The van der Waals surface area contributed by atoms with E-state index in [2.05, 4.69) is 9.97 Å². The van der Waals surface area contributed by atoms with Crippen LogP contribution in [0.15, 0.2) is 22.6 Å². The maximum Gasteiger partial charge on any atom is 0.201 e. The second kappa shape index (κ2) is 3.74. The van der Waals surface area contributed by atoms with Gasteiger partial charge in [-0.25, -0.2) is 9.97 Å². The Morgan fingerprint density at radius 3 is 2.78 bits per heavy atom. The fourth-order valence-corrected chi connectivity index (χ4v) is 2.31. The molecule has 2 aromatic heterocycles. The number of oxazole rings is 1. The second-order valence-corrected chi connectivity index (χ2v) is 4.44. The predicted molar refractivity (Wildman–Crippen MR) is 70.4 cm³/mol. The number of hydrogen-bond acceptors (Lipinski definition) is 4. The van der Waals surface area contributed by atoms with Crippen molar-refractivity contribution in [1.82, 2.24) is 14.5 Å². The highest BCUT2D eigenvalue weighted by atomic mass is 35.5. The molecule has 0 spiro atoms. The van der Waals surface area contributed by atoms with Crippen molar-refractivity contribution in [3.63, 3.8) is 0 Å². The lowest BCUT2D eigenvalue weighted by Crippen LogP contribution is -1.98. The van der Waals surface area contributed by atoms with Gasteiger partial charge >= 0.3 is 0 Å². The highest BCUT2D eigenvalue weighted by Crippen LogP contribution is 2.31. The highest BCUT2D eigenvalue weighted by Gasteiger charge is 2.14. The molecule has 92 valence electrons. The molecular weight excluding hydrogens is 252 g/mol. The number of aromatic nitrogens is 3. The summed E-state index contributed by atoms with van der Waals surface area (Å²) in [6, 6.07) is 5.69. The third-order valence-electron chi connectivity index (χ3n) is 2.86. The van der Waals surface area contributed by atoms with Crippen molar-refractivity contribution in [1.29, 1.82) is 0 Å². The molecule has 3 aromatic rings. The number of anilines is 1. The van der Waals surface area contributed by atoms with Crippen LogP contribution in [0, 0.1) is 6.92 Å². The van der Waals surface area contributed by atoms with Gasteiger partial charge in [0, 0.05) is 19.5 Å². The largest absolute Gasteiger partial charge is 0.441 e. The topological polar surface area (TPSA) is 69.9 Å². The molecule has 0 saturated carbocycles. The minimum Gasteiger partial charge on any atom is -0.441 e. The number of imidazole rings is 1. The number of halogens is 1. The summed E-state index contributed by atoms with van der Waals surface area (Å²) in [6.07, 6.45) is 0. The van der Waals surface area contributed by atoms with Crippen LogP contribution < -0.4 is 5.73 Å². The van der Waals surface area contributed by atoms with E-state index in [0.717, 1.165) is 22.4 Å². The van der Waals surface area contributed by atoms with Crippen LogP contribution in [0.4, 0.5) is 5.95 Å². The molecule has 2 N–H and O–H groups in total. The lowest BCUT2D eigenvalue weighted by atomic mass is 10.1. The molecule has 0 aliphatic rings. The fraction of sp³-hybridized carbons (Fsp3) is 0.167. The molecule has 1 aromatic carbocycles. The minimum absolute atomic E-state index is 0.381. The first-order chi connectivity index (χ1) is 8.56. The summed E-state index contributed by atoms with van der Waals surface area (Å²) in [5, 5.41) is 0.384. The molecule has 18 heavy (non-hydrogen) atoms. The molecule has 0 radical (unpaired) electrons. The summed E-state index contributed by atoms with van der Waals surface area (Å²) >= 11 is 6.09. The summed E-state index contributed by atoms with van der Waals surface area (Å²) in [7, 11) is 1.82. The average molecular weight is 263 g/mol. The Labute approximate surface area is 108 Å². The van der Waals surface area contributed by atoms with Crippen molar-refractivity contribution in [3.8, 4) is 11.3 Å². The summed E-state index contributed by atoms with van der Waals surface area (Å²) in [4.78, 5) is 8.33. The van der Waals surface area contributed by atoms with Crippen LogP contribution in [0.1, 0.15) is 5.89 Å². The molecule has 5 nitrogen and oxygen atoms in total. The molecular formula is C12H11ClN4O. The Kier molecular flexibility index (Phi) is 2.31. The van der Waals surface area contributed by atoms with Gasteiger partial charge in [-0.1, -0.05) is 11.6 Å². The molecule has 0 atom stereocenters. The number of benzene rings is 1. The molecule has 0 saturated heterocycles. The van der Waals surface area contributed by atoms with Gasteiger partial charge in [-0.3, -0.25) is 0 Å². The van der Waals surface area contributed by atoms with E-state index in [-0.39, 0.29) is 0 Å². The first-order valence-corrected chi connectivity index (χ1v) is 5.79. The number of fused-ring (bicyclic) bond motifs is 1. The standard InChI is InChI=1S/C12H11ClN4O/c1-6-15-8-5-7(3-4-9(8)18-6)10-11(13)16-12(14)17(10)2/h3-5H,1-2H3,(H2,14,16). The van der Waals surface area contributed by atoms with Gasteiger partial charge < -0.3 is 14.7 Å². The molecule has 6 heteroatoms. The van der Waals surface area contributed by atoms with Crippen molar-refractivity contribution in [2.45, 2.75) is 6.92 Å². The summed E-state index contributed by atoms with van der Waals surface area (Å²) in [5.41, 5.74) is 8.96. The zero-order chi connectivity index (χ0) is 12.9. The Morgan fingerprint density at radius 1 is 1.33 bits per heavy atom. The quantitative estimate of drug-likeness (QED) is 0.732. The number of nitrogens with zero attached hydrogens (tertiary/aromatic N) is 3. The van der Waals surface area contributed by atoms with Gasteiger partial charge in [0.05, 0.1) is 5.69 Å². The van der Waals surface area contributed by atoms with Crippen LogP contribution in [0.25, 0.3) is 22.4 Å². The van der Waals surface area contributed by atoms with Gasteiger partial charge in [0.25, 0.3) is 0 Å². The Balaban J connectivity index is 2.24. The molecule has 0 fully saturated rings. The van der Waals surface area contributed by atoms with Crippen molar-refractivity contribution >= 4 is 28.6 Å². The lowest BCUT2D eigenvalue weighted by molar-refractivity contribution is 0.561. The van der Waals surface area contributed by atoms with Crippen LogP contribution in [0.2, 0.25) is 5.15 Å². The Morgan fingerprint density at radius 2 is 2.11 bits per heavy atom. The van der Waals surface area contributed by atoms with Gasteiger partial charge in [0.1, 0.15) is 5.52 Å². The van der Waals surface area contributed by atoms with Crippen LogP contribution in [-0.2, 0) is 7.05 Å². The summed E-state index contributed by atoms with van der Waals surface area (Å²) in [5.74, 6) is 1.02. The van der Waals surface area contributed by atoms with E-state index in [9.17, 15) is 0 Å². The van der Waals surface area contributed by atoms with E-state index in [0.29, 0.717) is 17.0 Å². The highest BCUT2D eigenvalue weighted by molar-refractivity contribution is 6.32. The zero-order valence-corrected chi connectivity index (χ0v) is 10.7. The normalized spacial score (nSPS) is 11.3. The molecule has 3 rings (SSSR count). The number of nitrogens with two attached hydrogens (primary N) is 1. The molecule has 0 aliphatic carbocycles. The number of rotatable bonds is 1. The van der Waals surface area contributed by atoms with E-state index in [4.69, 9.17) is 21.8 Å². The smallest absolute Gasteiger partial charge is 0.201 e. The van der Waals surface area contributed by atoms with Crippen LogP contribution in [-0.4, -0.2) is 14.5 Å². The second-order valence-electron chi connectivity index (χ2n) is 4.08. The van der Waals surface area contributed by atoms with E-state index in [1.165, 1.54) is 0 Å². The van der Waals surface area contributed by atoms with Crippen molar-refractivity contribution in [2.24, 2.45) is 7.05 Å². The van der Waals surface area contributed by atoms with E-state index in [1.54, 1.807) is 4.57 Å². The van der Waals surface area contributed by atoms with Crippen LogP contribution >= 0.6 is 11.6 Å². The lowest BCUT2D eigenvalue weighted by Gasteiger charge is -2.03. The Bertz CT molecular complexity index is 744. The monoisotopic (exact) mass is 262 g/mol. The van der Waals surface area contributed by atoms with Gasteiger partial charge in [0.2, 0.25) is 5.95 Å². The van der Waals surface area contributed by atoms with Gasteiger partial charge in [-0.15, -0.1) is 0 Å². The first-order valence-electron chi connectivity index (χ1n) is 5.41. The van der Waals surface area contributed by atoms with E-state index in [1.807, 2.05) is 32.2 Å². The van der Waals surface area contributed by atoms with Gasteiger partial charge in [-0.05, 0) is 18.2 Å². The molecule has 0 amide bonds. The van der Waals surface area contributed by atoms with Crippen molar-refractivity contribution in [2.75, 3.05) is 5.73 Å². The van der Waals surface area contributed by atoms with Crippen LogP contribution in [0.3, 0.4) is 0 Å². The van der Waals surface area contributed by atoms with Gasteiger partial charge in [-0.2, -0.15) is 0 Å². The number of hydrogen-bond donors (Lipinski definition) is 1. The molecule has 0 bridgehead atoms. The molecule has 2 heterocycles. The summed E-state index contributed by atoms with van der Waals surface area (Å²) in [6.45, 7) is 1.81. The number of aryl methyl sites for hydroxylation is 1.